The average Bonchev–Trinajstić information content (AvgIpc) is 2.66. The Morgan fingerprint density at radius 3 is 2.50 bits per heavy atom. The number of esters is 1. The van der Waals surface area contributed by atoms with Crippen molar-refractivity contribution in [2.75, 3.05) is 0 Å². The number of amides is 1. The first kappa shape index (κ1) is 12.1. The summed E-state index contributed by atoms with van der Waals surface area (Å²) in [5, 5.41) is 13.2. The van der Waals surface area contributed by atoms with E-state index in [9.17, 15) is 19.5 Å². The van der Waals surface area contributed by atoms with Gasteiger partial charge in [0, 0.05) is 11.9 Å². The molecule has 0 aromatic heterocycles. The third-order valence-corrected chi connectivity index (χ3v) is 2.72. The predicted molar refractivity (Wildman–Crippen MR) is 57.1 cm³/mol. The zero-order valence-corrected chi connectivity index (χ0v) is 9.29. The number of carboxylic acids is 1. The summed E-state index contributed by atoms with van der Waals surface area (Å²) in [5.74, 6) is -3.43. The molecule has 2 atom stereocenters. The van der Waals surface area contributed by atoms with E-state index >= 15 is 0 Å². The van der Waals surface area contributed by atoms with Crippen molar-refractivity contribution in [1.82, 2.24) is 5.32 Å². The molecule has 1 N–H and O–H groups in total. The first-order chi connectivity index (χ1) is 8.58. The molecule has 18 heavy (non-hydrogen) atoms. The van der Waals surface area contributed by atoms with E-state index in [0.717, 1.165) is 5.56 Å². The van der Waals surface area contributed by atoms with Crippen molar-refractivity contribution in [3.8, 4) is 0 Å². The third-order valence-electron chi connectivity index (χ3n) is 2.72. The first-order valence-corrected chi connectivity index (χ1v) is 5.35. The molecule has 0 radical (unpaired) electrons. The predicted octanol–water partition coefficient (Wildman–Crippen LogP) is -0.770. The van der Waals surface area contributed by atoms with Gasteiger partial charge in [-0.2, -0.15) is 0 Å². The molecule has 2 unspecified atom stereocenters. The standard InChI is InChI=1S/C12H11NO5/c14-10(15)8(6-7-4-2-1-3-5-7)9-11(16)18-12(17)13-9/h1-5,8-9H,6H2,(H,13,17)(H,14,15)/p-1. The van der Waals surface area contributed by atoms with E-state index in [1.807, 2.05) is 0 Å². The van der Waals surface area contributed by atoms with E-state index in [-0.39, 0.29) is 6.42 Å². The van der Waals surface area contributed by atoms with Gasteiger partial charge in [-0.1, -0.05) is 30.3 Å². The lowest BCUT2D eigenvalue weighted by molar-refractivity contribution is -0.312. The summed E-state index contributed by atoms with van der Waals surface area (Å²) < 4.78 is 4.26. The Morgan fingerprint density at radius 1 is 1.33 bits per heavy atom. The number of hydrogen-bond donors (Lipinski definition) is 1. The number of benzene rings is 1. The largest absolute Gasteiger partial charge is 0.550 e. The van der Waals surface area contributed by atoms with Gasteiger partial charge >= 0.3 is 12.1 Å². The van der Waals surface area contributed by atoms with Gasteiger partial charge in [0.15, 0.2) is 0 Å². The number of carboxylic acid groups (broad SMARTS) is 1. The number of carbonyl (C=O) groups is 3. The Bertz CT molecular complexity index is 485. The topological polar surface area (TPSA) is 95.5 Å². The van der Waals surface area contributed by atoms with Crippen molar-refractivity contribution in [2.24, 2.45) is 5.92 Å². The maximum Gasteiger partial charge on any atom is 0.415 e. The number of aliphatic carboxylic acids is 1. The quantitative estimate of drug-likeness (QED) is 0.557. The minimum absolute atomic E-state index is 0.0865. The summed E-state index contributed by atoms with van der Waals surface area (Å²) in [6, 6.07) is 7.59. The number of ether oxygens (including phenoxy) is 1. The van der Waals surface area contributed by atoms with Crippen LogP contribution in [0.2, 0.25) is 0 Å². The zero-order chi connectivity index (χ0) is 13.1. The fourth-order valence-corrected chi connectivity index (χ4v) is 1.84. The molecule has 0 bridgehead atoms. The molecule has 1 fully saturated rings. The minimum Gasteiger partial charge on any atom is -0.550 e. The maximum atomic E-state index is 11.3. The molecule has 1 heterocycles. The van der Waals surface area contributed by atoms with Gasteiger partial charge in [0.2, 0.25) is 0 Å². The molecule has 1 aliphatic heterocycles. The van der Waals surface area contributed by atoms with Crippen LogP contribution in [0.15, 0.2) is 30.3 Å². The van der Waals surface area contributed by atoms with E-state index in [4.69, 9.17) is 0 Å². The molecule has 1 aromatic rings. The summed E-state index contributed by atoms with van der Waals surface area (Å²) in [5.41, 5.74) is 0.737. The molecular weight excluding hydrogens is 238 g/mol. The van der Waals surface area contributed by atoms with E-state index in [1.54, 1.807) is 30.3 Å². The van der Waals surface area contributed by atoms with Gasteiger partial charge in [-0.3, -0.25) is 0 Å². The Hall–Kier alpha value is -2.37. The van der Waals surface area contributed by atoms with Gasteiger partial charge in [-0.15, -0.1) is 0 Å². The summed E-state index contributed by atoms with van der Waals surface area (Å²) >= 11 is 0. The average molecular weight is 248 g/mol. The van der Waals surface area contributed by atoms with E-state index in [0.29, 0.717) is 0 Å². The van der Waals surface area contributed by atoms with E-state index in [2.05, 4.69) is 10.1 Å². The molecule has 6 heteroatoms. The molecular formula is C12H10NO5-. The molecule has 0 aliphatic carbocycles. The SMILES string of the molecule is O=C1NC(C(Cc2ccccc2)C(=O)[O-])C(=O)O1. The first-order valence-electron chi connectivity index (χ1n) is 5.35. The van der Waals surface area contributed by atoms with Crippen LogP contribution in [0, 0.1) is 5.92 Å². The Kier molecular flexibility index (Phi) is 3.27. The van der Waals surface area contributed by atoms with Crippen LogP contribution in [-0.2, 0) is 20.7 Å². The number of cyclic esters (lactones) is 2. The lowest BCUT2D eigenvalue weighted by Gasteiger charge is -2.21. The van der Waals surface area contributed by atoms with Gasteiger partial charge in [-0.25, -0.2) is 9.59 Å². The van der Waals surface area contributed by atoms with Crippen molar-refractivity contribution < 1.29 is 24.2 Å². The number of nitrogens with one attached hydrogen (secondary N) is 1. The van der Waals surface area contributed by atoms with Crippen LogP contribution in [0.5, 0.6) is 0 Å². The molecule has 94 valence electrons. The second kappa shape index (κ2) is 4.87. The van der Waals surface area contributed by atoms with Crippen LogP contribution in [0.4, 0.5) is 4.79 Å². The normalized spacial score (nSPS) is 20.1. The van der Waals surface area contributed by atoms with Gasteiger partial charge in [0.25, 0.3) is 0 Å². The van der Waals surface area contributed by atoms with Crippen LogP contribution in [0.1, 0.15) is 5.56 Å². The second-order valence-corrected chi connectivity index (χ2v) is 3.95. The minimum atomic E-state index is -1.40. The second-order valence-electron chi connectivity index (χ2n) is 3.95. The maximum absolute atomic E-state index is 11.3. The van der Waals surface area contributed by atoms with Crippen molar-refractivity contribution in [3.63, 3.8) is 0 Å². The third kappa shape index (κ3) is 2.48. The highest BCUT2D eigenvalue weighted by molar-refractivity contribution is 5.97. The number of hydrogen-bond acceptors (Lipinski definition) is 5. The van der Waals surface area contributed by atoms with Crippen molar-refractivity contribution >= 4 is 18.0 Å². The molecule has 1 saturated heterocycles. The van der Waals surface area contributed by atoms with Crippen LogP contribution in [-0.4, -0.2) is 24.1 Å². The smallest absolute Gasteiger partial charge is 0.415 e. The number of carbonyl (C=O) groups excluding carboxylic acids is 3. The van der Waals surface area contributed by atoms with Crippen molar-refractivity contribution in [2.45, 2.75) is 12.5 Å². The summed E-state index contributed by atoms with van der Waals surface area (Å²) in [7, 11) is 0. The molecule has 1 aliphatic rings. The summed E-state index contributed by atoms with van der Waals surface area (Å²) in [6.07, 6.45) is -0.840. The van der Waals surface area contributed by atoms with Crippen LogP contribution in [0.3, 0.4) is 0 Å². The fraction of sp³-hybridized carbons (Fsp3) is 0.250. The van der Waals surface area contributed by atoms with Crippen LogP contribution >= 0.6 is 0 Å². The van der Waals surface area contributed by atoms with Gasteiger partial charge in [0.05, 0.1) is 0 Å². The van der Waals surface area contributed by atoms with Crippen LogP contribution < -0.4 is 10.4 Å². The molecule has 0 spiro atoms. The Labute approximate surface area is 103 Å². The zero-order valence-electron chi connectivity index (χ0n) is 9.29. The fourth-order valence-electron chi connectivity index (χ4n) is 1.84. The highest BCUT2D eigenvalue weighted by Crippen LogP contribution is 2.16. The molecule has 1 aromatic carbocycles. The highest BCUT2D eigenvalue weighted by atomic mass is 16.6. The van der Waals surface area contributed by atoms with Gasteiger partial charge < -0.3 is 20.0 Å². The molecule has 1 amide bonds. The Balaban J connectivity index is 2.17. The Morgan fingerprint density at radius 2 is 2.00 bits per heavy atom. The van der Waals surface area contributed by atoms with Gasteiger partial charge in [-0.05, 0) is 12.0 Å². The van der Waals surface area contributed by atoms with E-state index < -0.39 is 30.0 Å². The molecule has 6 nitrogen and oxygen atoms in total. The number of rotatable bonds is 4. The number of alkyl carbamates (subject to hydrolysis) is 1. The van der Waals surface area contributed by atoms with E-state index in [1.165, 1.54) is 0 Å². The molecule has 2 rings (SSSR count). The molecule has 0 saturated carbocycles. The van der Waals surface area contributed by atoms with Gasteiger partial charge in [0.1, 0.15) is 6.04 Å². The van der Waals surface area contributed by atoms with Crippen molar-refractivity contribution in [1.29, 1.82) is 0 Å². The summed E-state index contributed by atoms with van der Waals surface area (Å²) in [6.45, 7) is 0. The monoisotopic (exact) mass is 248 g/mol. The van der Waals surface area contributed by atoms with Crippen molar-refractivity contribution in [3.05, 3.63) is 35.9 Å². The summed E-state index contributed by atoms with van der Waals surface area (Å²) in [4.78, 5) is 33.3. The lowest BCUT2D eigenvalue weighted by atomic mass is 9.92. The van der Waals surface area contributed by atoms with Crippen LogP contribution in [0.25, 0.3) is 0 Å². The highest BCUT2D eigenvalue weighted by Gasteiger charge is 2.39. The lowest BCUT2D eigenvalue weighted by Crippen LogP contribution is -2.47.